The van der Waals surface area contributed by atoms with Gasteiger partial charge in [0.2, 0.25) is 11.0 Å². The molecule has 3 rings (SSSR count). The normalized spacial score (nSPS) is 11.2. The molecule has 6 nitrogen and oxygen atoms in total. The summed E-state index contributed by atoms with van der Waals surface area (Å²) in [6.45, 7) is 4.09. The molecule has 0 aliphatic rings. The van der Waals surface area contributed by atoms with Gasteiger partial charge < -0.3 is 4.42 Å². The molecule has 0 bridgehead atoms. The second-order valence-corrected chi connectivity index (χ2v) is 5.74. The second-order valence-electron chi connectivity index (χ2n) is 4.80. The average Bonchev–Trinajstić information content (AvgIpc) is 3.15. The molecule has 0 radical (unpaired) electrons. The number of nitrogens with zero attached hydrogens (tertiary/aromatic N) is 5. The first-order chi connectivity index (χ1) is 10.2. The van der Waals surface area contributed by atoms with Crippen LogP contribution in [0.4, 0.5) is 0 Å². The molecule has 0 atom stereocenters. The molecule has 2 aromatic heterocycles. The van der Waals surface area contributed by atoms with Gasteiger partial charge in [0.25, 0.3) is 0 Å². The number of benzene rings is 1. The Morgan fingerprint density at radius 2 is 2.05 bits per heavy atom. The van der Waals surface area contributed by atoms with Gasteiger partial charge in [-0.3, -0.25) is 0 Å². The van der Waals surface area contributed by atoms with Crippen LogP contribution in [0.5, 0.6) is 0 Å². The Labute approximate surface area is 126 Å². The van der Waals surface area contributed by atoms with E-state index in [1.807, 2.05) is 44.2 Å². The molecule has 0 amide bonds. The van der Waals surface area contributed by atoms with Gasteiger partial charge in [0.05, 0.1) is 11.7 Å². The molecule has 7 heteroatoms. The number of oxazole rings is 1. The molecule has 0 spiro atoms. The molecule has 0 saturated carbocycles. The molecular weight excluding hydrogens is 286 g/mol. The third-order valence-electron chi connectivity index (χ3n) is 2.87. The molecular formula is C14H15N5OS. The van der Waals surface area contributed by atoms with Gasteiger partial charge in [-0.05, 0) is 36.4 Å². The Bertz CT molecular complexity index is 707. The average molecular weight is 301 g/mol. The van der Waals surface area contributed by atoms with E-state index in [1.54, 1.807) is 22.7 Å². The zero-order valence-electron chi connectivity index (χ0n) is 11.8. The van der Waals surface area contributed by atoms with Gasteiger partial charge in [0.15, 0.2) is 0 Å². The van der Waals surface area contributed by atoms with Gasteiger partial charge in [0.1, 0.15) is 6.26 Å². The van der Waals surface area contributed by atoms with Crippen LogP contribution in [0.1, 0.15) is 25.6 Å². The zero-order valence-corrected chi connectivity index (χ0v) is 12.6. The Kier molecular flexibility index (Phi) is 4.01. The molecule has 0 aliphatic carbocycles. The number of aromatic nitrogens is 5. The summed E-state index contributed by atoms with van der Waals surface area (Å²) in [4.78, 5) is 4.49. The summed E-state index contributed by atoms with van der Waals surface area (Å²) in [6.07, 6.45) is 1.68. The number of thioether (sulfide) groups is 1. The van der Waals surface area contributed by atoms with Crippen LogP contribution in [0.25, 0.3) is 11.5 Å². The van der Waals surface area contributed by atoms with Crippen LogP contribution in [0, 0.1) is 0 Å². The molecule has 1 aromatic carbocycles. The Balaban J connectivity index is 1.69. The van der Waals surface area contributed by atoms with Crippen molar-refractivity contribution in [1.29, 1.82) is 0 Å². The van der Waals surface area contributed by atoms with Crippen LogP contribution in [0.15, 0.2) is 46.2 Å². The number of rotatable bonds is 5. The third kappa shape index (κ3) is 3.13. The molecule has 0 fully saturated rings. The highest BCUT2D eigenvalue weighted by Crippen LogP contribution is 2.24. The molecule has 0 aliphatic heterocycles. The summed E-state index contributed by atoms with van der Waals surface area (Å²) in [5.74, 6) is 1.30. The van der Waals surface area contributed by atoms with Crippen molar-refractivity contribution in [2.24, 2.45) is 0 Å². The first-order valence-electron chi connectivity index (χ1n) is 6.64. The minimum Gasteiger partial charge on any atom is -0.444 e. The van der Waals surface area contributed by atoms with Gasteiger partial charge >= 0.3 is 0 Å². The van der Waals surface area contributed by atoms with Crippen LogP contribution in [0.2, 0.25) is 0 Å². The van der Waals surface area contributed by atoms with Crippen molar-refractivity contribution < 1.29 is 4.42 Å². The molecule has 0 unspecified atom stereocenters. The van der Waals surface area contributed by atoms with Crippen molar-refractivity contribution >= 4 is 11.8 Å². The number of hydrogen-bond acceptors (Lipinski definition) is 6. The van der Waals surface area contributed by atoms with Gasteiger partial charge in [-0.15, -0.1) is 5.10 Å². The SMILES string of the molecule is CC(C)n1nnnc1SCc1coc(-c2ccccc2)n1. The van der Waals surface area contributed by atoms with E-state index in [2.05, 4.69) is 20.5 Å². The lowest BCUT2D eigenvalue weighted by atomic mass is 10.2. The van der Waals surface area contributed by atoms with Crippen LogP contribution >= 0.6 is 11.8 Å². The summed E-state index contributed by atoms with van der Waals surface area (Å²) in [7, 11) is 0. The maximum absolute atomic E-state index is 5.52. The lowest BCUT2D eigenvalue weighted by molar-refractivity contribution is 0.477. The van der Waals surface area contributed by atoms with Crippen molar-refractivity contribution in [3.05, 3.63) is 42.3 Å². The third-order valence-corrected chi connectivity index (χ3v) is 3.84. The van der Waals surface area contributed by atoms with Crippen LogP contribution in [0.3, 0.4) is 0 Å². The van der Waals surface area contributed by atoms with E-state index in [9.17, 15) is 0 Å². The van der Waals surface area contributed by atoms with E-state index in [0.717, 1.165) is 16.4 Å². The highest BCUT2D eigenvalue weighted by atomic mass is 32.2. The summed E-state index contributed by atoms with van der Waals surface area (Å²) in [6, 6.07) is 10.1. The molecule has 21 heavy (non-hydrogen) atoms. The van der Waals surface area contributed by atoms with Crippen LogP contribution in [-0.4, -0.2) is 25.2 Å². The topological polar surface area (TPSA) is 69.6 Å². The van der Waals surface area contributed by atoms with E-state index < -0.39 is 0 Å². The van der Waals surface area contributed by atoms with Crippen molar-refractivity contribution in [2.75, 3.05) is 0 Å². The molecule has 0 N–H and O–H groups in total. The van der Waals surface area contributed by atoms with Gasteiger partial charge in [0, 0.05) is 11.3 Å². The van der Waals surface area contributed by atoms with Gasteiger partial charge in [-0.2, -0.15) is 0 Å². The number of tetrazole rings is 1. The maximum Gasteiger partial charge on any atom is 0.226 e. The van der Waals surface area contributed by atoms with E-state index >= 15 is 0 Å². The smallest absolute Gasteiger partial charge is 0.226 e. The van der Waals surface area contributed by atoms with E-state index in [0.29, 0.717) is 11.6 Å². The van der Waals surface area contributed by atoms with E-state index in [-0.39, 0.29) is 6.04 Å². The van der Waals surface area contributed by atoms with E-state index in [1.165, 1.54) is 0 Å². The summed E-state index contributed by atoms with van der Waals surface area (Å²) >= 11 is 1.55. The predicted molar refractivity (Wildman–Crippen MR) is 79.7 cm³/mol. The second kappa shape index (κ2) is 6.09. The monoisotopic (exact) mass is 301 g/mol. The van der Waals surface area contributed by atoms with Crippen molar-refractivity contribution in [1.82, 2.24) is 25.2 Å². The Hall–Kier alpha value is -2.15. The first-order valence-corrected chi connectivity index (χ1v) is 7.63. The fourth-order valence-electron chi connectivity index (χ4n) is 1.83. The van der Waals surface area contributed by atoms with E-state index in [4.69, 9.17) is 4.42 Å². The van der Waals surface area contributed by atoms with Gasteiger partial charge in [-0.25, -0.2) is 9.67 Å². The largest absolute Gasteiger partial charge is 0.444 e. The van der Waals surface area contributed by atoms with Crippen molar-refractivity contribution in [3.63, 3.8) is 0 Å². The minimum atomic E-state index is 0.236. The van der Waals surface area contributed by atoms with Crippen LogP contribution < -0.4 is 0 Å². The lowest BCUT2D eigenvalue weighted by Crippen LogP contribution is -2.04. The van der Waals surface area contributed by atoms with Crippen molar-refractivity contribution in [2.45, 2.75) is 30.8 Å². The first kappa shape index (κ1) is 13.8. The van der Waals surface area contributed by atoms with Crippen molar-refractivity contribution in [3.8, 4) is 11.5 Å². The summed E-state index contributed by atoms with van der Waals surface area (Å²) < 4.78 is 7.31. The molecule has 3 aromatic rings. The fraction of sp³-hybridized carbons (Fsp3) is 0.286. The highest BCUT2D eigenvalue weighted by molar-refractivity contribution is 7.98. The standard InChI is InChI=1S/C14H15N5OS/c1-10(2)19-14(16-17-18-19)21-9-12-8-20-13(15-12)11-6-4-3-5-7-11/h3-8,10H,9H2,1-2H3. The molecule has 0 saturated heterocycles. The predicted octanol–water partition coefficient (Wildman–Crippen LogP) is 3.20. The quantitative estimate of drug-likeness (QED) is 0.674. The summed E-state index contributed by atoms with van der Waals surface area (Å²) in [5.41, 5.74) is 1.85. The number of hydrogen-bond donors (Lipinski definition) is 0. The van der Waals surface area contributed by atoms with Gasteiger partial charge in [-0.1, -0.05) is 30.0 Å². The molecule has 2 heterocycles. The Morgan fingerprint density at radius 3 is 2.81 bits per heavy atom. The molecule has 108 valence electrons. The zero-order chi connectivity index (χ0) is 14.7. The lowest BCUT2D eigenvalue weighted by Gasteiger charge is -2.05. The maximum atomic E-state index is 5.52. The Morgan fingerprint density at radius 1 is 1.24 bits per heavy atom. The fourth-order valence-corrected chi connectivity index (χ4v) is 2.71. The highest BCUT2D eigenvalue weighted by Gasteiger charge is 2.12. The minimum absolute atomic E-state index is 0.236. The van der Waals surface area contributed by atoms with Crippen LogP contribution in [-0.2, 0) is 5.75 Å². The summed E-state index contributed by atoms with van der Waals surface area (Å²) in [5, 5.41) is 12.5.